The van der Waals surface area contributed by atoms with Crippen LogP contribution in [0.5, 0.6) is 0 Å². The average Bonchev–Trinajstić information content (AvgIpc) is 2.92. The number of hydrogen-bond acceptors (Lipinski definition) is 2. The maximum atomic E-state index is 6.46. The molecule has 2 aliphatic carbocycles. The van der Waals surface area contributed by atoms with Crippen molar-refractivity contribution >= 4 is 0 Å². The fourth-order valence-corrected chi connectivity index (χ4v) is 3.67. The Morgan fingerprint density at radius 2 is 1.31 bits per heavy atom. The second-order valence-corrected chi connectivity index (χ2v) is 5.45. The van der Waals surface area contributed by atoms with Crippen molar-refractivity contribution in [2.45, 2.75) is 44.6 Å². The van der Waals surface area contributed by atoms with Crippen molar-refractivity contribution in [2.24, 2.45) is 16.6 Å². The summed E-state index contributed by atoms with van der Waals surface area (Å²) in [5, 5.41) is 3.45. The molecule has 1 aliphatic heterocycles. The Morgan fingerprint density at radius 1 is 0.846 bits per heavy atom. The highest BCUT2D eigenvalue weighted by Crippen LogP contribution is 2.64. The van der Waals surface area contributed by atoms with Gasteiger partial charge < -0.3 is 11.1 Å². The Hall–Kier alpha value is -0.0800. The van der Waals surface area contributed by atoms with Crippen LogP contribution in [-0.4, -0.2) is 19.1 Å². The van der Waals surface area contributed by atoms with Gasteiger partial charge in [0.1, 0.15) is 0 Å². The summed E-state index contributed by atoms with van der Waals surface area (Å²) in [7, 11) is 0. The topological polar surface area (TPSA) is 38.0 Å². The Balaban J connectivity index is 1.83. The molecule has 3 N–H and O–H groups in total. The molecule has 0 amide bonds. The van der Waals surface area contributed by atoms with Gasteiger partial charge in [-0.15, -0.1) is 0 Å². The molecule has 13 heavy (non-hydrogen) atoms. The van der Waals surface area contributed by atoms with E-state index >= 15 is 0 Å². The van der Waals surface area contributed by atoms with Gasteiger partial charge in [0.2, 0.25) is 0 Å². The molecule has 3 fully saturated rings. The van der Waals surface area contributed by atoms with Gasteiger partial charge in [-0.1, -0.05) is 0 Å². The molecule has 2 spiro atoms. The van der Waals surface area contributed by atoms with Gasteiger partial charge in [-0.25, -0.2) is 0 Å². The van der Waals surface area contributed by atoms with E-state index in [1.807, 2.05) is 0 Å². The summed E-state index contributed by atoms with van der Waals surface area (Å²) < 4.78 is 0. The van der Waals surface area contributed by atoms with Gasteiger partial charge >= 0.3 is 0 Å². The average molecular weight is 180 g/mol. The monoisotopic (exact) mass is 180 g/mol. The minimum atomic E-state index is 0.530. The lowest BCUT2D eigenvalue weighted by Gasteiger charge is -2.39. The zero-order valence-corrected chi connectivity index (χ0v) is 8.31. The number of piperidine rings is 1. The molecular weight excluding hydrogens is 160 g/mol. The zero-order chi connectivity index (χ0) is 8.94. The van der Waals surface area contributed by atoms with Crippen LogP contribution in [0.25, 0.3) is 0 Å². The lowest BCUT2D eigenvalue weighted by Crippen LogP contribution is -2.47. The van der Waals surface area contributed by atoms with Gasteiger partial charge in [-0.2, -0.15) is 0 Å². The van der Waals surface area contributed by atoms with Gasteiger partial charge in [-0.05, 0) is 62.4 Å². The van der Waals surface area contributed by atoms with E-state index in [1.165, 1.54) is 51.6 Å². The molecule has 2 nitrogen and oxygen atoms in total. The van der Waals surface area contributed by atoms with E-state index in [0.717, 1.165) is 0 Å². The van der Waals surface area contributed by atoms with Crippen molar-refractivity contribution in [1.29, 1.82) is 0 Å². The molecule has 0 radical (unpaired) electrons. The summed E-state index contributed by atoms with van der Waals surface area (Å²) in [5.41, 5.74) is 7.62. The Bertz CT molecular complexity index is 214. The van der Waals surface area contributed by atoms with Crippen molar-refractivity contribution < 1.29 is 0 Å². The predicted molar refractivity (Wildman–Crippen MR) is 53.4 cm³/mol. The SMILES string of the molecule is NC1C2(CCNCC2)CCC12CC2. The number of nitrogens with one attached hydrogen (secondary N) is 1. The maximum Gasteiger partial charge on any atom is 0.0153 e. The molecule has 0 aromatic carbocycles. The molecule has 1 unspecified atom stereocenters. The van der Waals surface area contributed by atoms with Crippen molar-refractivity contribution in [1.82, 2.24) is 5.32 Å². The Kier molecular flexibility index (Phi) is 1.58. The summed E-state index contributed by atoms with van der Waals surface area (Å²) in [6.45, 7) is 2.40. The first kappa shape index (κ1) is 8.25. The third-order valence-electron chi connectivity index (χ3n) is 4.93. The highest BCUT2D eigenvalue weighted by atomic mass is 14.9. The van der Waals surface area contributed by atoms with Crippen molar-refractivity contribution in [2.75, 3.05) is 13.1 Å². The molecule has 74 valence electrons. The maximum absolute atomic E-state index is 6.46. The molecule has 1 heterocycles. The minimum Gasteiger partial charge on any atom is -0.327 e. The highest BCUT2D eigenvalue weighted by Gasteiger charge is 2.60. The summed E-state index contributed by atoms with van der Waals surface area (Å²) in [5.74, 6) is 0. The Labute approximate surface area is 80.3 Å². The second-order valence-electron chi connectivity index (χ2n) is 5.45. The smallest absolute Gasteiger partial charge is 0.0153 e. The molecule has 0 bridgehead atoms. The third kappa shape index (κ3) is 1.02. The fraction of sp³-hybridized carbons (Fsp3) is 1.00. The zero-order valence-electron chi connectivity index (χ0n) is 8.31. The minimum absolute atomic E-state index is 0.530. The fourth-order valence-electron chi connectivity index (χ4n) is 3.67. The normalized spacial score (nSPS) is 39.9. The first-order valence-corrected chi connectivity index (χ1v) is 5.74. The second kappa shape index (κ2) is 2.48. The molecule has 2 saturated carbocycles. The first-order valence-electron chi connectivity index (χ1n) is 5.74. The quantitative estimate of drug-likeness (QED) is 0.589. The third-order valence-corrected chi connectivity index (χ3v) is 4.93. The van der Waals surface area contributed by atoms with Crippen LogP contribution >= 0.6 is 0 Å². The van der Waals surface area contributed by atoms with Crippen LogP contribution in [0.15, 0.2) is 0 Å². The number of nitrogens with two attached hydrogens (primary N) is 1. The van der Waals surface area contributed by atoms with E-state index in [1.54, 1.807) is 0 Å². The molecule has 1 saturated heterocycles. The van der Waals surface area contributed by atoms with Crippen molar-refractivity contribution in [3.63, 3.8) is 0 Å². The van der Waals surface area contributed by atoms with Gasteiger partial charge in [0.05, 0.1) is 0 Å². The lowest BCUT2D eigenvalue weighted by molar-refractivity contribution is 0.166. The number of hydrogen-bond donors (Lipinski definition) is 2. The van der Waals surface area contributed by atoms with E-state index in [0.29, 0.717) is 16.9 Å². The van der Waals surface area contributed by atoms with E-state index in [-0.39, 0.29) is 0 Å². The predicted octanol–water partition coefficient (Wildman–Crippen LogP) is 1.26. The molecule has 3 aliphatic rings. The summed E-state index contributed by atoms with van der Waals surface area (Å²) in [6, 6.07) is 0.530. The van der Waals surface area contributed by atoms with Crippen LogP contribution in [0.1, 0.15) is 38.5 Å². The number of rotatable bonds is 0. The van der Waals surface area contributed by atoms with Crippen molar-refractivity contribution in [3.8, 4) is 0 Å². The molecule has 1 atom stereocenters. The van der Waals surface area contributed by atoms with Crippen LogP contribution in [0.2, 0.25) is 0 Å². The van der Waals surface area contributed by atoms with Crippen molar-refractivity contribution in [3.05, 3.63) is 0 Å². The summed E-state index contributed by atoms with van der Waals surface area (Å²) in [4.78, 5) is 0. The van der Waals surface area contributed by atoms with Crippen LogP contribution in [0.3, 0.4) is 0 Å². The molecule has 3 rings (SSSR count). The largest absolute Gasteiger partial charge is 0.327 e. The molecule has 0 aromatic heterocycles. The van der Waals surface area contributed by atoms with Crippen LogP contribution in [-0.2, 0) is 0 Å². The standard InChI is InChI=1S/C11H20N2/c12-9-10(1-2-10)3-4-11(9)5-7-13-8-6-11/h9,13H,1-8,12H2. The first-order chi connectivity index (χ1) is 6.28. The van der Waals surface area contributed by atoms with Gasteiger partial charge in [0, 0.05) is 6.04 Å². The summed E-state index contributed by atoms with van der Waals surface area (Å²) >= 11 is 0. The summed E-state index contributed by atoms with van der Waals surface area (Å²) in [6.07, 6.45) is 8.34. The van der Waals surface area contributed by atoms with E-state index in [9.17, 15) is 0 Å². The van der Waals surface area contributed by atoms with Gasteiger partial charge in [-0.3, -0.25) is 0 Å². The van der Waals surface area contributed by atoms with Gasteiger partial charge in [0.25, 0.3) is 0 Å². The molecular formula is C11H20N2. The highest BCUT2D eigenvalue weighted by molar-refractivity contribution is 5.14. The van der Waals surface area contributed by atoms with E-state index < -0.39 is 0 Å². The van der Waals surface area contributed by atoms with E-state index in [2.05, 4.69) is 5.32 Å². The Morgan fingerprint density at radius 3 is 1.85 bits per heavy atom. The van der Waals surface area contributed by atoms with Crippen LogP contribution in [0, 0.1) is 10.8 Å². The molecule has 0 aromatic rings. The molecule has 2 heteroatoms. The van der Waals surface area contributed by atoms with Gasteiger partial charge in [0.15, 0.2) is 0 Å². The van der Waals surface area contributed by atoms with E-state index in [4.69, 9.17) is 5.73 Å². The van der Waals surface area contributed by atoms with Crippen LogP contribution < -0.4 is 11.1 Å². The van der Waals surface area contributed by atoms with Crippen LogP contribution in [0.4, 0.5) is 0 Å². The lowest BCUT2D eigenvalue weighted by atomic mass is 9.73.